The van der Waals surface area contributed by atoms with Gasteiger partial charge in [0.2, 0.25) is 10.0 Å². The van der Waals surface area contributed by atoms with Crippen molar-refractivity contribution in [1.29, 1.82) is 0 Å². The van der Waals surface area contributed by atoms with E-state index in [-0.39, 0.29) is 17.7 Å². The van der Waals surface area contributed by atoms with E-state index < -0.39 is 10.0 Å². The Balaban J connectivity index is 1.94. The molecular formula is C14H21ClN2O2S. The zero-order valence-electron chi connectivity index (χ0n) is 11.6. The summed E-state index contributed by atoms with van der Waals surface area (Å²) in [4.78, 5) is 0. The van der Waals surface area contributed by atoms with Crippen LogP contribution in [0.3, 0.4) is 0 Å². The molecule has 2 N–H and O–H groups in total. The number of rotatable bonds is 5. The molecule has 1 aromatic carbocycles. The van der Waals surface area contributed by atoms with Crippen LogP contribution in [0, 0.1) is 5.92 Å². The van der Waals surface area contributed by atoms with Crippen LogP contribution in [-0.2, 0) is 10.0 Å². The zero-order valence-corrected chi connectivity index (χ0v) is 13.2. The normalized spacial score (nSPS) is 21.6. The fourth-order valence-electron chi connectivity index (χ4n) is 2.51. The molecule has 0 spiro atoms. The van der Waals surface area contributed by atoms with Crippen molar-refractivity contribution in [2.75, 3.05) is 18.8 Å². The van der Waals surface area contributed by atoms with Gasteiger partial charge in [-0.25, -0.2) is 13.1 Å². The molecule has 1 saturated heterocycles. The maximum absolute atomic E-state index is 12.2. The lowest BCUT2D eigenvalue weighted by molar-refractivity contribution is 0.402. The minimum absolute atomic E-state index is 0.192. The molecule has 0 aliphatic carbocycles. The van der Waals surface area contributed by atoms with Crippen LogP contribution in [0.1, 0.15) is 31.4 Å². The smallest absolute Gasteiger partial charge is 0.212 e. The van der Waals surface area contributed by atoms with Crippen LogP contribution >= 0.6 is 11.6 Å². The largest absolute Gasteiger partial charge is 0.316 e. The average Bonchev–Trinajstić information content (AvgIpc) is 2.39. The van der Waals surface area contributed by atoms with Crippen LogP contribution in [0.25, 0.3) is 0 Å². The number of sulfonamides is 1. The lowest BCUT2D eigenvalue weighted by atomic mass is 10.0. The lowest BCUT2D eigenvalue weighted by Crippen LogP contribution is -2.38. The Morgan fingerprint density at radius 3 is 2.70 bits per heavy atom. The average molecular weight is 317 g/mol. The van der Waals surface area contributed by atoms with Crippen LogP contribution < -0.4 is 10.0 Å². The zero-order chi connectivity index (χ0) is 14.6. The number of halogens is 1. The molecule has 6 heteroatoms. The Hall–Kier alpha value is -0.620. The van der Waals surface area contributed by atoms with Crippen LogP contribution in [0.2, 0.25) is 5.02 Å². The molecule has 0 saturated carbocycles. The van der Waals surface area contributed by atoms with Gasteiger partial charge in [-0.2, -0.15) is 0 Å². The first-order valence-electron chi connectivity index (χ1n) is 6.92. The second-order valence-electron chi connectivity index (χ2n) is 5.38. The van der Waals surface area contributed by atoms with E-state index in [1.165, 1.54) is 0 Å². The van der Waals surface area contributed by atoms with Crippen molar-refractivity contribution in [3.8, 4) is 0 Å². The molecule has 20 heavy (non-hydrogen) atoms. The topological polar surface area (TPSA) is 58.2 Å². The van der Waals surface area contributed by atoms with E-state index >= 15 is 0 Å². The van der Waals surface area contributed by atoms with E-state index in [4.69, 9.17) is 11.6 Å². The molecule has 0 amide bonds. The number of piperidine rings is 1. The van der Waals surface area contributed by atoms with Gasteiger partial charge in [-0.1, -0.05) is 23.7 Å². The highest BCUT2D eigenvalue weighted by atomic mass is 35.5. The van der Waals surface area contributed by atoms with Gasteiger partial charge < -0.3 is 5.32 Å². The molecule has 0 radical (unpaired) electrons. The molecule has 2 atom stereocenters. The third kappa shape index (κ3) is 4.74. The van der Waals surface area contributed by atoms with Gasteiger partial charge in [0.05, 0.1) is 5.75 Å². The molecule has 0 bridgehead atoms. The lowest BCUT2D eigenvalue weighted by Gasteiger charge is -2.23. The number of nitrogens with one attached hydrogen (secondary N) is 2. The second-order valence-corrected chi connectivity index (χ2v) is 7.62. The van der Waals surface area contributed by atoms with Crippen LogP contribution in [0.5, 0.6) is 0 Å². The molecule has 1 aromatic rings. The summed E-state index contributed by atoms with van der Waals surface area (Å²) >= 11 is 5.83. The van der Waals surface area contributed by atoms with E-state index in [2.05, 4.69) is 10.0 Å². The van der Waals surface area contributed by atoms with E-state index in [0.717, 1.165) is 31.5 Å². The third-order valence-electron chi connectivity index (χ3n) is 3.58. The van der Waals surface area contributed by atoms with Gasteiger partial charge >= 0.3 is 0 Å². The van der Waals surface area contributed by atoms with E-state index in [0.29, 0.717) is 5.02 Å². The van der Waals surface area contributed by atoms with Crippen molar-refractivity contribution in [3.05, 3.63) is 34.9 Å². The summed E-state index contributed by atoms with van der Waals surface area (Å²) in [5, 5.41) is 3.89. The van der Waals surface area contributed by atoms with Crippen LogP contribution in [-0.4, -0.2) is 27.3 Å². The van der Waals surface area contributed by atoms with Crippen LogP contribution in [0.15, 0.2) is 24.3 Å². The summed E-state index contributed by atoms with van der Waals surface area (Å²) < 4.78 is 27.1. The number of hydrogen-bond donors (Lipinski definition) is 2. The first-order chi connectivity index (χ1) is 9.46. The second kappa shape index (κ2) is 6.89. The quantitative estimate of drug-likeness (QED) is 0.876. The summed E-state index contributed by atoms with van der Waals surface area (Å²) in [5.41, 5.74) is 0.916. The molecule has 1 aliphatic rings. The van der Waals surface area contributed by atoms with Crippen molar-refractivity contribution in [2.24, 2.45) is 5.92 Å². The van der Waals surface area contributed by atoms with Gasteiger partial charge in [-0.15, -0.1) is 0 Å². The standard InChI is InChI=1S/C14H21ClN2O2S/c1-11(13-4-6-14(15)7-5-13)17-20(18,19)10-12-3-2-8-16-9-12/h4-7,11-12,16-17H,2-3,8-10H2,1H3. The highest BCUT2D eigenvalue weighted by Gasteiger charge is 2.22. The van der Waals surface area contributed by atoms with Crippen molar-refractivity contribution < 1.29 is 8.42 Å². The van der Waals surface area contributed by atoms with E-state index in [9.17, 15) is 8.42 Å². The fourth-order valence-corrected chi connectivity index (χ4v) is 4.32. The molecule has 1 aliphatic heterocycles. The molecular weight excluding hydrogens is 296 g/mol. The summed E-state index contributed by atoms with van der Waals surface area (Å²) in [6, 6.07) is 6.99. The van der Waals surface area contributed by atoms with Gasteiger partial charge in [-0.05, 0) is 56.5 Å². The van der Waals surface area contributed by atoms with Gasteiger partial charge in [-0.3, -0.25) is 0 Å². The number of benzene rings is 1. The summed E-state index contributed by atoms with van der Waals surface area (Å²) in [6.45, 7) is 3.63. The summed E-state index contributed by atoms with van der Waals surface area (Å²) in [6.07, 6.45) is 2.02. The minimum Gasteiger partial charge on any atom is -0.316 e. The predicted octanol–water partition coefficient (Wildman–Crippen LogP) is 2.32. The SMILES string of the molecule is CC(NS(=O)(=O)CC1CCCNC1)c1ccc(Cl)cc1. The van der Waals surface area contributed by atoms with Gasteiger partial charge in [0.1, 0.15) is 0 Å². The maximum Gasteiger partial charge on any atom is 0.212 e. The van der Waals surface area contributed by atoms with Gasteiger partial charge in [0, 0.05) is 11.1 Å². The van der Waals surface area contributed by atoms with Gasteiger partial charge in [0.15, 0.2) is 0 Å². The summed E-state index contributed by atoms with van der Waals surface area (Å²) in [5.74, 6) is 0.399. The molecule has 2 rings (SSSR count). The highest BCUT2D eigenvalue weighted by molar-refractivity contribution is 7.89. The Morgan fingerprint density at radius 2 is 2.10 bits per heavy atom. The van der Waals surface area contributed by atoms with E-state index in [1.807, 2.05) is 19.1 Å². The molecule has 1 fully saturated rings. The van der Waals surface area contributed by atoms with Crippen molar-refractivity contribution >= 4 is 21.6 Å². The maximum atomic E-state index is 12.2. The predicted molar refractivity (Wildman–Crippen MR) is 82.4 cm³/mol. The first kappa shape index (κ1) is 15.8. The molecule has 1 heterocycles. The Bertz CT molecular complexity index is 525. The van der Waals surface area contributed by atoms with Crippen molar-refractivity contribution in [1.82, 2.24) is 10.0 Å². The molecule has 0 aromatic heterocycles. The van der Waals surface area contributed by atoms with Crippen LogP contribution in [0.4, 0.5) is 0 Å². The minimum atomic E-state index is -3.26. The molecule has 2 unspecified atom stereocenters. The molecule has 112 valence electrons. The Morgan fingerprint density at radius 1 is 1.40 bits per heavy atom. The van der Waals surface area contributed by atoms with Gasteiger partial charge in [0.25, 0.3) is 0 Å². The summed E-state index contributed by atoms with van der Waals surface area (Å²) in [7, 11) is -3.26. The Kier molecular flexibility index (Phi) is 5.43. The third-order valence-corrected chi connectivity index (χ3v) is 5.46. The highest BCUT2D eigenvalue weighted by Crippen LogP contribution is 2.18. The monoisotopic (exact) mass is 316 g/mol. The van der Waals surface area contributed by atoms with Crippen molar-refractivity contribution in [3.63, 3.8) is 0 Å². The fraction of sp³-hybridized carbons (Fsp3) is 0.571. The first-order valence-corrected chi connectivity index (χ1v) is 8.95. The van der Waals surface area contributed by atoms with Crippen molar-refractivity contribution in [2.45, 2.75) is 25.8 Å². The molecule has 4 nitrogen and oxygen atoms in total. The Labute approximate surface area is 126 Å². The van der Waals surface area contributed by atoms with E-state index in [1.54, 1.807) is 12.1 Å². The number of hydrogen-bond acceptors (Lipinski definition) is 3.